The molecule has 1 saturated heterocycles. The highest BCUT2D eigenvalue weighted by Crippen LogP contribution is 2.44. The molecule has 3 unspecified atom stereocenters. The summed E-state index contributed by atoms with van der Waals surface area (Å²) >= 11 is 6.33. The molecule has 5 rings (SSSR count). The molecular formula is C28H34ClN3O4. The summed E-state index contributed by atoms with van der Waals surface area (Å²) < 4.78 is 16.9. The van der Waals surface area contributed by atoms with E-state index in [4.69, 9.17) is 25.8 Å². The topological polar surface area (TPSA) is 63.3 Å². The first-order valence-corrected chi connectivity index (χ1v) is 13.1. The first-order chi connectivity index (χ1) is 17.6. The van der Waals surface area contributed by atoms with Crippen LogP contribution in [-0.4, -0.2) is 74.5 Å². The van der Waals surface area contributed by atoms with E-state index in [1.54, 1.807) is 11.0 Å². The summed E-state index contributed by atoms with van der Waals surface area (Å²) in [5, 5.41) is 4.42. The van der Waals surface area contributed by atoms with Crippen LogP contribution in [0.2, 0.25) is 0 Å². The second-order valence-electron chi connectivity index (χ2n) is 9.48. The molecule has 1 aromatic rings. The summed E-state index contributed by atoms with van der Waals surface area (Å²) in [6.45, 7) is 9.73. The molecule has 8 heteroatoms. The molecule has 0 spiro atoms. The van der Waals surface area contributed by atoms with Gasteiger partial charge in [-0.2, -0.15) is 0 Å². The highest BCUT2D eigenvalue weighted by molar-refractivity contribution is 6.31. The number of ether oxygens (including phenoxy) is 3. The van der Waals surface area contributed by atoms with Crippen molar-refractivity contribution in [3.05, 3.63) is 77.0 Å². The number of amides is 1. The van der Waals surface area contributed by atoms with Crippen LogP contribution in [0, 0.1) is 5.92 Å². The Hall–Kier alpha value is -2.74. The molecular weight excluding hydrogens is 478 g/mol. The van der Waals surface area contributed by atoms with Crippen LogP contribution in [0.15, 0.2) is 71.5 Å². The van der Waals surface area contributed by atoms with Gasteiger partial charge in [0, 0.05) is 42.8 Å². The third-order valence-electron chi connectivity index (χ3n) is 7.21. The second-order valence-corrected chi connectivity index (χ2v) is 9.92. The monoisotopic (exact) mass is 511 g/mol. The number of halogens is 1. The lowest BCUT2D eigenvalue weighted by atomic mass is 9.85. The maximum Gasteiger partial charge on any atom is 0.410 e. The number of carbonyl (C=O) groups excluding carboxylic acids is 1. The molecule has 1 amide bonds. The van der Waals surface area contributed by atoms with Gasteiger partial charge in [0.25, 0.3) is 0 Å². The molecule has 3 atom stereocenters. The number of nitrogens with one attached hydrogen (secondary N) is 1. The number of benzene rings is 1. The van der Waals surface area contributed by atoms with Crippen molar-refractivity contribution in [1.29, 1.82) is 0 Å². The summed E-state index contributed by atoms with van der Waals surface area (Å²) in [7, 11) is 0. The van der Waals surface area contributed by atoms with Gasteiger partial charge in [-0.3, -0.25) is 9.80 Å². The highest BCUT2D eigenvalue weighted by Gasteiger charge is 2.43. The van der Waals surface area contributed by atoms with E-state index >= 15 is 0 Å². The molecule has 192 valence electrons. The van der Waals surface area contributed by atoms with Crippen molar-refractivity contribution in [3.8, 4) is 5.75 Å². The van der Waals surface area contributed by atoms with Crippen LogP contribution in [0.25, 0.3) is 0 Å². The van der Waals surface area contributed by atoms with E-state index < -0.39 is 0 Å². The quantitative estimate of drug-likeness (QED) is 0.412. The van der Waals surface area contributed by atoms with Crippen LogP contribution in [0.4, 0.5) is 4.79 Å². The van der Waals surface area contributed by atoms with E-state index in [9.17, 15) is 4.79 Å². The zero-order chi connectivity index (χ0) is 24.9. The normalized spacial score (nSPS) is 25.5. The van der Waals surface area contributed by atoms with Gasteiger partial charge < -0.3 is 19.5 Å². The minimum absolute atomic E-state index is 0.151. The Morgan fingerprint density at radius 1 is 1.22 bits per heavy atom. The van der Waals surface area contributed by atoms with E-state index in [-0.39, 0.29) is 30.7 Å². The molecule has 0 bridgehead atoms. The Kier molecular flexibility index (Phi) is 7.99. The van der Waals surface area contributed by atoms with E-state index in [1.807, 2.05) is 30.3 Å². The summed E-state index contributed by atoms with van der Waals surface area (Å²) in [5.41, 5.74) is 3.39. The smallest absolute Gasteiger partial charge is 0.410 e. The molecule has 1 N–H and O–H groups in total. The minimum atomic E-state index is -0.337. The van der Waals surface area contributed by atoms with Crippen molar-refractivity contribution in [2.24, 2.45) is 5.92 Å². The van der Waals surface area contributed by atoms with Gasteiger partial charge in [0.05, 0.1) is 25.9 Å². The summed E-state index contributed by atoms with van der Waals surface area (Å²) in [5.74, 6) is 1.04. The van der Waals surface area contributed by atoms with Crippen LogP contribution in [0.1, 0.15) is 24.4 Å². The maximum atomic E-state index is 13.0. The number of hydrogen-bond acceptors (Lipinski definition) is 6. The van der Waals surface area contributed by atoms with Gasteiger partial charge in [0.15, 0.2) is 0 Å². The molecule has 36 heavy (non-hydrogen) atoms. The molecule has 1 aliphatic carbocycles. The molecule has 1 fully saturated rings. The highest BCUT2D eigenvalue weighted by atomic mass is 35.5. The van der Waals surface area contributed by atoms with Gasteiger partial charge in [-0.25, -0.2) is 4.79 Å². The molecule has 0 saturated carbocycles. The van der Waals surface area contributed by atoms with Crippen molar-refractivity contribution >= 4 is 17.7 Å². The fourth-order valence-corrected chi connectivity index (χ4v) is 5.65. The summed E-state index contributed by atoms with van der Waals surface area (Å²) in [6, 6.07) is 7.98. The number of nitrogens with zero attached hydrogens (tertiary/aromatic N) is 2. The second kappa shape index (κ2) is 11.5. The van der Waals surface area contributed by atoms with E-state index in [2.05, 4.69) is 28.9 Å². The Balaban J connectivity index is 1.30. The minimum Gasteiger partial charge on any atom is -0.494 e. The van der Waals surface area contributed by atoms with Crippen LogP contribution in [0.3, 0.4) is 0 Å². The Bertz CT molecular complexity index is 1050. The number of fused-ring (bicyclic) bond motifs is 2. The zero-order valence-electron chi connectivity index (χ0n) is 20.5. The third kappa shape index (κ3) is 5.48. The van der Waals surface area contributed by atoms with Gasteiger partial charge in [-0.15, -0.1) is 0 Å². The van der Waals surface area contributed by atoms with Crippen LogP contribution in [-0.2, 0) is 9.47 Å². The van der Waals surface area contributed by atoms with Gasteiger partial charge in [0.1, 0.15) is 18.4 Å². The van der Waals surface area contributed by atoms with Crippen molar-refractivity contribution in [3.63, 3.8) is 0 Å². The standard InChI is InChI=1S/C28H34ClN3O4/c1-2-15-36-28(33)32-12-10-23-24-19-21(29)6-9-25(24)30-26(23)27(32)20-4-7-22(8-5-20)35-16-3-11-31-13-17-34-18-14-31/h2,4-9,19,24-25,27,30H,1,3,10-18H2. The Morgan fingerprint density at radius 3 is 2.81 bits per heavy atom. The fraction of sp³-hybridized carbons (Fsp3) is 0.464. The van der Waals surface area contributed by atoms with E-state index in [1.165, 1.54) is 5.57 Å². The Labute approximate surface area is 218 Å². The number of allylic oxidation sites excluding steroid dienone is 2. The van der Waals surface area contributed by atoms with Gasteiger partial charge >= 0.3 is 6.09 Å². The fourth-order valence-electron chi connectivity index (χ4n) is 5.44. The van der Waals surface area contributed by atoms with Crippen molar-refractivity contribution in [2.75, 3.05) is 52.6 Å². The zero-order valence-corrected chi connectivity index (χ0v) is 21.3. The number of rotatable bonds is 8. The largest absolute Gasteiger partial charge is 0.494 e. The van der Waals surface area contributed by atoms with Gasteiger partial charge in [-0.1, -0.05) is 48.5 Å². The Morgan fingerprint density at radius 2 is 2.03 bits per heavy atom. The van der Waals surface area contributed by atoms with Crippen molar-refractivity contribution < 1.29 is 19.0 Å². The van der Waals surface area contributed by atoms with Crippen LogP contribution in [0.5, 0.6) is 5.75 Å². The molecule has 0 aromatic heterocycles. The maximum absolute atomic E-state index is 13.0. The van der Waals surface area contributed by atoms with Crippen LogP contribution < -0.4 is 10.1 Å². The first kappa shape index (κ1) is 24.9. The first-order valence-electron chi connectivity index (χ1n) is 12.8. The van der Waals surface area contributed by atoms with Crippen LogP contribution >= 0.6 is 11.6 Å². The number of carbonyl (C=O) groups is 1. The molecule has 3 aliphatic heterocycles. The molecule has 1 aromatic carbocycles. The number of morpholine rings is 1. The summed E-state index contributed by atoms with van der Waals surface area (Å²) in [4.78, 5) is 17.2. The molecule has 0 radical (unpaired) electrons. The average Bonchev–Trinajstić information content (AvgIpc) is 3.28. The molecule has 7 nitrogen and oxygen atoms in total. The number of hydrogen-bond donors (Lipinski definition) is 1. The molecule has 3 heterocycles. The lowest BCUT2D eigenvalue weighted by Gasteiger charge is -2.37. The van der Waals surface area contributed by atoms with Gasteiger partial charge in [-0.05, 0) is 42.2 Å². The predicted octanol–water partition coefficient (Wildman–Crippen LogP) is 4.39. The lowest BCUT2D eigenvalue weighted by Crippen LogP contribution is -2.42. The SMILES string of the molecule is C=CCOC(=O)N1CCC2=C(NC3C=CC(Cl)=CC23)C1c1ccc(OCCCN2CCOCC2)cc1. The van der Waals surface area contributed by atoms with E-state index in [0.717, 1.165) is 67.7 Å². The predicted molar refractivity (Wildman–Crippen MR) is 140 cm³/mol. The van der Waals surface area contributed by atoms with Crippen molar-refractivity contribution in [1.82, 2.24) is 15.1 Å². The van der Waals surface area contributed by atoms with E-state index in [0.29, 0.717) is 13.2 Å². The summed E-state index contributed by atoms with van der Waals surface area (Å²) in [6.07, 6.45) is 9.16. The average molecular weight is 512 g/mol. The third-order valence-corrected chi connectivity index (χ3v) is 7.46. The molecule has 4 aliphatic rings. The van der Waals surface area contributed by atoms with Crippen molar-refractivity contribution in [2.45, 2.75) is 24.9 Å². The lowest BCUT2D eigenvalue weighted by molar-refractivity contribution is 0.0358. The van der Waals surface area contributed by atoms with Gasteiger partial charge in [0.2, 0.25) is 0 Å².